The number of hydrogen-bond acceptors (Lipinski definition) is 8. The Morgan fingerprint density at radius 3 is 2.42 bits per heavy atom. The van der Waals surface area contributed by atoms with Gasteiger partial charge in [0.25, 0.3) is 10.0 Å². The second-order valence-corrected chi connectivity index (χ2v) is 9.36. The lowest BCUT2D eigenvalue weighted by atomic mass is 10.2. The van der Waals surface area contributed by atoms with E-state index in [-0.39, 0.29) is 16.4 Å². The van der Waals surface area contributed by atoms with E-state index in [0.29, 0.717) is 11.3 Å². The molecule has 0 bridgehead atoms. The Labute approximate surface area is 196 Å². The van der Waals surface area contributed by atoms with Crippen molar-refractivity contribution in [2.75, 3.05) is 26.1 Å². The number of aryl methyl sites for hydroxylation is 1. The predicted molar refractivity (Wildman–Crippen MR) is 125 cm³/mol. The fourth-order valence-electron chi connectivity index (χ4n) is 2.83. The molecule has 0 saturated heterocycles. The van der Waals surface area contributed by atoms with Crippen LogP contribution < -0.4 is 14.2 Å². The van der Waals surface area contributed by atoms with Gasteiger partial charge in [-0.2, -0.15) is 0 Å². The Kier molecular flexibility index (Phi) is 7.67. The highest BCUT2D eigenvalue weighted by Crippen LogP contribution is 2.37. The summed E-state index contributed by atoms with van der Waals surface area (Å²) >= 11 is 1.46. The number of rotatable bonds is 9. The number of carbonyl (C=O) groups excluding carboxylic acids is 1. The molecule has 3 rings (SSSR count). The Morgan fingerprint density at radius 2 is 1.85 bits per heavy atom. The number of aromatic nitrogens is 2. The lowest BCUT2D eigenvalue weighted by Crippen LogP contribution is -2.14. The molecule has 1 N–H and O–H groups in total. The molecule has 3 aromatic rings. The fraction of sp³-hybridized carbons (Fsp3) is 0.182. The summed E-state index contributed by atoms with van der Waals surface area (Å²) in [6.45, 7) is 0. The Hall–Kier alpha value is -3.44. The second-order valence-electron chi connectivity index (χ2n) is 6.66. The van der Waals surface area contributed by atoms with Crippen LogP contribution in [0.15, 0.2) is 69.8 Å². The first kappa shape index (κ1) is 24.2. The highest BCUT2D eigenvalue weighted by atomic mass is 32.2. The first-order valence-electron chi connectivity index (χ1n) is 9.57. The number of hydrogen-bond donors (Lipinski definition) is 1. The third-order valence-corrected chi connectivity index (χ3v) is 6.93. The number of nitrogens with zero attached hydrogens (tertiary/aromatic N) is 2. The molecule has 11 heteroatoms. The Balaban J connectivity index is 1.90. The molecule has 0 unspecified atom stereocenters. The fourth-order valence-corrected chi connectivity index (χ4v) is 4.91. The zero-order valence-corrected chi connectivity index (χ0v) is 20.1. The number of sulfonamides is 1. The van der Waals surface area contributed by atoms with Gasteiger partial charge >= 0.3 is 5.97 Å². The van der Waals surface area contributed by atoms with E-state index in [0.717, 1.165) is 10.1 Å². The minimum absolute atomic E-state index is 0.0437. The van der Waals surface area contributed by atoms with Crippen molar-refractivity contribution in [3.63, 3.8) is 0 Å². The van der Waals surface area contributed by atoms with Crippen LogP contribution in [0.2, 0.25) is 0 Å². The van der Waals surface area contributed by atoms with E-state index in [4.69, 9.17) is 9.47 Å². The summed E-state index contributed by atoms with van der Waals surface area (Å²) in [5.74, 6) is -0.329. The second kappa shape index (κ2) is 10.5. The molecule has 1 heterocycles. The van der Waals surface area contributed by atoms with Crippen molar-refractivity contribution in [3.05, 3.63) is 60.4 Å². The highest BCUT2D eigenvalue weighted by Gasteiger charge is 2.24. The van der Waals surface area contributed by atoms with Gasteiger partial charge in [0.1, 0.15) is 4.90 Å². The number of ether oxygens (including phenoxy) is 3. The summed E-state index contributed by atoms with van der Waals surface area (Å²) in [7, 11) is 1.84. The Morgan fingerprint density at radius 1 is 1.12 bits per heavy atom. The van der Waals surface area contributed by atoms with Crippen molar-refractivity contribution >= 4 is 39.5 Å². The van der Waals surface area contributed by atoms with Crippen LogP contribution >= 0.6 is 11.8 Å². The summed E-state index contributed by atoms with van der Waals surface area (Å²) in [6, 6.07) is 9.85. The van der Waals surface area contributed by atoms with Crippen LogP contribution in [0.5, 0.6) is 11.5 Å². The molecule has 174 valence electrons. The van der Waals surface area contributed by atoms with Crippen molar-refractivity contribution in [2.45, 2.75) is 14.9 Å². The molecule has 1 aromatic heterocycles. The molecular formula is C22H23N3O6S2. The molecule has 0 atom stereocenters. The van der Waals surface area contributed by atoms with Crippen LogP contribution in [0.4, 0.5) is 5.69 Å². The van der Waals surface area contributed by atoms with Gasteiger partial charge in [-0.15, -0.1) is 0 Å². The van der Waals surface area contributed by atoms with Crippen LogP contribution in [0, 0.1) is 0 Å². The summed E-state index contributed by atoms with van der Waals surface area (Å²) in [4.78, 5) is 16.5. The summed E-state index contributed by atoms with van der Waals surface area (Å²) in [6.07, 6.45) is 6.17. The molecule has 2 aromatic carbocycles. The monoisotopic (exact) mass is 489 g/mol. The lowest BCUT2D eigenvalue weighted by Gasteiger charge is -2.15. The maximum atomic E-state index is 13.2. The van der Waals surface area contributed by atoms with Crippen LogP contribution in [-0.2, 0) is 26.6 Å². The molecule has 0 fully saturated rings. The number of methoxy groups -OCH3 is 3. The number of benzene rings is 2. The quantitative estimate of drug-likeness (QED) is 0.359. The largest absolute Gasteiger partial charge is 0.493 e. The maximum Gasteiger partial charge on any atom is 0.330 e. The van der Waals surface area contributed by atoms with Gasteiger partial charge in [-0.25, -0.2) is 18.2 Å². The molecule has 0 radical (unpaired) electrons. The average Bonchev–Trinajstić information content (AvgIpc) is 3.21. The van der Waals surface area contributed by atoms with E-state index in [1.165, 1.54) is 51.3 Å². The third-order valence-electron chi connectivity index (χ3n) is 4.46. The van der Waals surface area contributed by atoms with E-state index in [9.17, 15) is 13.2 Å². The van der Waals surface area contributed by atoms with Crippen molar-refractivity contribution in [3.8, 4) is 11.5 Å². The van der Waals surface area contributed by atoms with Gasteiger partial charge in [-0.1, -0.05) is 11.8 Å². The van der Waals surface area contributed by atoms with Crippen molar-refractivity contribution in [1.29, 1.82) is 0 Å². The normalized spacial score (nSPS) is 11.4. The van der Waals surface area contributed by atoms with Gasteiger partial charge in [0.05, 0.1) is 21.3 Å². The summed E-state index contributed by atoms with van der Waals surface area (Å²) in [5, 5.41) is 0.817. The number of carbonyl (C=O) groups is 1. The molecule has 0 amide bonds. The van der Waals surface area contributed by atoms with Crippen LogP contribution in [0.25, 0.3) is 6.08 Å². The average molecular weight is 490 g/mol. The lowest BCUT2D eigenvalue weighted by molar-refractivity contribution is -0.134. The van der Waals surface area contributed by atoms with Gasteiger partial charge in [0, 0.05) is 36.1 Å². The standard InChI is InChI=1S/C22H23N3O6S2/c1-25-12-11-23-22(25)32-17-8-6-16(7-9-17)24-33(27,28)19-14-15(5-10-20(26)30-3)13-18(29-2)21(19)31-4/h5-14,24H,1-4H3/b10-5+. The van der Waals surface area contributed by atoms with E-state index < -0.39 is 16.0 Å². The topological polar surface area (TPSA) is 109 Å². The summed E-state index contributed by atoms with van der Waals surface area (Å²) < 4.78 is 46.0. The van der Waals surface area contributed by atoms with Gasteiger partial charge in [0.15, 0.2) is 16.7 Å². The minimum Gasteiger partial charge on any atom is -0.493 e. The zero-order chi connectivity index (χ0) is 24.0. The minimum atomic E-state index is -4.05. The van der Waals surface area contributed by atoms with E-state index in [1.807, 2.05) is 17.8 Å². The van der Waals surface area contributed by atoms with Gasteiger partial charge in [-0.05, 0) is 48.0 Å². The van der Waals surface area contributed by atoms with E-state index >= 15 is 0 Å². The van der Waals surface area contributed by atoms with Crippen LogP contribution in [0.1, 0.15) is 5.56 Å². The maximum absolute atomic E-state index is 13.2. The smallest absolute Gasteiger partial charge is 0.330 e. The molecular weight excluding hydrogens is 466 g/mol. The number of nitrogens with one attached hydrogen (secondary N) is 1. The zero-order valence-electron chi connectivity index (χ0n) is 18.4. The van der Waals surface area contributed by atoms with Crippen molar-refractivity contribution in [2.24, 2.45) is 7.05 Å². The number of anilines is 1. The summed E-state index contributed by atoms with van der Waals surface area (Å²) in [5.41, 5.74) is 0.788. The first-order chi connectivity index (χ1) is 15.8. The molecule has 0 spiro atoms. The van der Waals surface area contributed by atoms with Gasteiger partial charge in [0.2, 0.25) is 0 Å². The molecule has 0 aliphatic carbocycles. The predicted octanol–water partition coefficient (Wildman–Crippen LogP) is 3.58. The third kappa shape index (κ3) is 5.88. The highest BCUT2D eigenvalue weighted by molar-refractivity contribution is 7.99. The van der Waals surface area contributed by atoms with Gasteiger partial charge < -0.3 is 18.8 Å². The first-order valence-corrected chi connectivity index (χ1v) is 11.9. The van der Waals surface area contributed by atoms with Crippen molar-refractivity contribution < 1.29 is 27.4 Å². The van der Waals surface area contributed by atoms with E-state index in [1.54, 1.807) is 36.5 Å². The molecule has 0 saturated carbocycles. The molecule has 0 aliphatic heterocycles. The van der Waals surface area contributed by atoms with Crippen LogP contribution in [0.3, 0.4) is 0 Å². The van der Waals surface area contributed by atoms with E-state index in [2.05, 4.69) is 14.4 Å². The number of esters is 1. The number of imidazole rings is 1. The molecule has 0 aliphatic rings. The molecule has 33 heavy (non-hydrogen) atoms. The van der Waals surface area contributed by atoms with Crippen LogP contribution in [-0.4, -0.2) is 45.3 Å². The Bertz CT molecular complexity index is 1270. The van der Waals surface area contributed by atoms with Gasteiger partial charge in [-0.3, -0.25) is 4.72 Å². The molecule has 9 nitrogen and oxygen atoms in total. The SMILES string of the molecule is COC(=O)/C=C/c1cc(OC)c(OC)c(S(=O)(=O)Nc2ccc(Sc3nccn3C)cc2)c1. The van der Waals surface area contributed by atoms with Crippen molar-refractivity contribution in [1.82, 2.24) is 9.55 Å².